The lowest BCUT2D eigenvalue weighted by atomic mass is 10.2. The second kappa shape index (κ2) is 8.45. The van der Waals surface area contributed by atoms with Crippen LogP contribution in [0.2, 0.25) is 5.02 Å². The van der Waals surface area contributed by atoms with Crippen molar-refractivity contribution in [3.63, 3.8) is 0 Å². The van der Waals surface area contributed by atoms with Crippen LogP contribution in [0.25, 0.3) is 0 Å². The molecule has 0 saturated heterocycles. The Hall–Kier alpha value is -2.51. The lowest BCUT2D eigenvalue weighted by molar-refractivity contribution is -0.119. The number of rotatable bonds is 4. The monoisotopic (exact) mass is 404 g/mol. The lowest BCUT2D eigenvalue weighted by Gasteiger charge is -2.10. The Morgan fingerprint density at radius 2 is 2.07 bits per heavy atom. The first-order valence-electron chi connectivity index (χ1n) is 8.22. The molecule has 0 spiro atoms. The van der Waals surface area contributed by atoms with E-state index in [1.807, 2.05) is 13.0 Å². The van der Waals surface area contributed by atoms with Crippen LogP contribution in [0.15, 0.2) is 41.3 Å². The Morgan fingerprint density at radius 1 is 1.26 bits per heavy atom. The van der Waals surface area contributed by atoms with E-state index >= 15 is 0 Å². The van der Waals surface area contributed by atoms with Gasteiger partial charge in [-0.3, -0.25) is 9.59 Å². The van der Waals surface area contributed by atoms with Crippen LogP contribution in [0.5, 0.6) is 0 Å². The first-order valence-corrected chi connectivity index (χ1v) is 9.58. The molecule has 0 saturated carbocycles. The van der Waals surface area contributed by atoms with E-state index in [9.17, 15) is 14.4 Å². The van der Waals surface area contributed by atoms with Crippen molar-refractivity contribution in [2.24, 2.45) is 0 Å². The van der Waals surface area contributed by atoms with E-state index in [0.717, 1.165) is 10.5 Å². The van der Waals surface area contributed by atoms with E-state index in [4.69, 9.17) is 16.3 Å². The number of nitrogens with one attached hydrogen (secondary N) is 2. The van der Waals surface area contributed by atoms with Crippen LogP contribution in [0, 0.1) is 6.92 Å². The van der Waals surface area contributed by atoms with Gasteiger partial charge in [-0.25, -0.2) is 4.79 Å². The molecule has 1 aliphatic rings. The van der Waals surface area contributed by atoms with Gasteiger partial charge in [0.2, 0.25) is 5.91 Å². The number of esters is 1. The highest BCUT2D eigenvalue weighted by molar-refractivity contribution is 7.99. The number of hydrogen-bond acceptors (Lipinski definition) is 5. The van der Waals surface area contributed by atoms with E-state index < -0.39 is 18.5 Å². The summed E-state index contributed by atoms with van der Waals surface area (Å²) >= 11 is 7.61. The summed E-state index contributed by atoms with van der Waals surface area (Å²) in [6, 6.07) is 10.2. The Balaban J connectivity index is 1.60. The normalized spacial score (nSPS) is 13.2. The van der Waals surface area contributed by atoms with Crippen molar-refractivity contribution in [2.75, 3.05) is 23.0 Å². The summed E-state index contributed by atoms with van der Waals surface area (Å²) in [6.07, 6.45) is 0.418. The average molecular weight is 405 g/mol. The minimum absolute atomic E-state index is 0.0962. The maximum atomic E-state index is 12.2. The predicted octanol–water partition coefficient (Wildman–Crippen LogP) is 3.88. The number of aryl methyl sites for hydroxylation is 1. The van der Waals surface area contributed by atoms with E-state index in [2.05, 4.69) is 10.6 Å². The van der Waals surface area contributed by atoms with Crippen molar-refractivity contribution in [3.8, 4) is 0 Å². The summed E-state index contributed by atoms with van der Waals surface area (Å²) in [4.78, 5) is 36.8. The fourth-order valence-electron chi connectivity index (χ4n) is 2.47. The van der Waals surface area contributed by atoms with Crippen LogP contribution >= 0.6 is 23.4 Å². The summed E-state index contributed by atoms with van der Waals surface area (Å²) in [5.41, 5.74) is 2.26. The van der Waals surface area contributed by atoms with Gasteiger partial charge in [0.25, 0.3) is 5.91 Å². The molecule has 0 unspecified atom stereocenters. The number of hydrogen-bond donors (Lipinski definition) is 2. The number of ether oxygens (including phenoxy) is 1. The second-order valence-corrected chi connectivity index (χ2v) is 7.51. The number of halogens is 1. The van der Waals surface area contributed by atoms with Gasteiger partial charge in [-0.15, -0.1) is 11.8 Å². The molecule has 0 radical (unpaired) electrons. The number of benzene rings is 2. The van der Waals surface area contributed by atoms with Crippen molar-refractivity contribution in [1.29, 1.82) is 0 Å². The molecular formula is C19H17ClN2O4S. The third-order valence-corrected chi connectivity index (χ3v) is 5.20. The Bertz CT molecular complexity index is 917. The molecule has 8 heteroatoms. The van der Waals surface area contributed by atoms with Crippen molar-refractivity contribution in [2.45, 2.75) is 18.2 Å². The highest BCUT2D eigenvalue weighted by Gasteiger charge is 2.17. The minimum Gasteiger partial charge on any atom is -0.452 e. The fraction of sp³-hybridized carbons (Fsp3) is 0.211. The van der Waals surface area contributed by atoms with Gasteiger partial charge in [-0.1, -0.05) is 17.7 Å². The molecule has 2 N–H and O–H groups in total. The smallest absolute Gasteiger partial charge is 0.338 e. The largest absolute Gasteiger partial charge is 0.452 e. The lowest BCUT2D eigenvalue weighted by Crippen LogP contribution is -2.21. The third-order valence-electron chi connectivity index (χ3n) is 3.81. The van der Waals surface area contributed by atoms with Crippen LogP contribution in [0.1, 0.15) is 22.3 Å². The average Bonchev–Trinajstić information content (AvgIpc) is 2.81. The van der Waals surface area contributed by atoms with Crippen LogP contribution in [-0.4, -0.2) is 30.1 Å². The van der Waals surface area contributed by atoms with Gasteiger partial charge in [-0.2, -0.15) is 0 Å². The minimum atomic E-state index is -0.647. The van der Waals surface area contributed by atoms with Crippen molar-refractivity contribution in [1.82, 2.24) is 0 Å². The Morgan fingerprint density at radius 3 is 2.85 bits per heavy atom. The SMILES string of the molecule is Cc1ccc(NC(=O)COC(=O)c2ccc3c(c2)NC(=O)CCS3)c(Cl)c1. The molecule has 3 rings (SSSR count). The van der Waals surface area contributed by atoms with Gasteiger partial charge < -0.3 is 15.4 Å². The first-order chi connectivity index (χ1) is 12.9. The standard InChI is InChI=1S/C19H17ClN2O4S/c1-11-2-4-14(13(20)8-11)21-18(24)10-26-19(25)12-3-5-16-15(9-12)22-17(23)6-7-27-16/h2-5,8-9H,6-7,10H2,1H3,(H,21,24)(H,22,23). The molecule has 140 valence electrons. The third kappa shape index (κ3) is 5.02. The van der Waals surface area contributed by atoms with E-state index in [1.165, 1.54) is 0 Å². The summed E-state index contributed by atoms with van der Waals surface area (Å²) < 4.78 is 5.06. The number of amides is 2. The zero-order chi connectivity index (χ0) is 19.4. The number of carbonyl (C=O) groups excluding carboxylic acids is 3. The first kappa shape index (κ1) is 19.3. The summed E-state index contributed by atoms with van der Waals surface area (Å²) in [5.74, 6) is -0.551. The van der Waals surface area contributed by atoms with Crippen molar-refractivity contribution < 1.29 is 19.1 Å². The number of fused-ring (bicyclic) bond motifs is 1. The summed E-state index contributed by atoms with van der Waals surface area (Å²) in [7, 11) is 0. The Kier molecular flexibility index (Phi) is 6.03. The maximum Gasteiger partial charge on any atom is 0.338 e. The quantitative estimate of drug-likeness (QED) is 0.755. The van der Waals surface area contributed by atoms with E-state index in [1.54, 1.807) is 42.1 Å². The topological polar surface area (TPSA) is 84.5 Å². The predicted molar refractivity (Wildman–Crippen MR) is 106 cm³/mol. The van der Waals surface area contributed by atoms with Crippen LogP contribution < -0.4 is 10.6 Å². The van der Waals surface area contributed by atoms with Gasteiger partial charge >= 0.3 is 5.97 Å². The van der Waals surface area contributed by atoms with Gasteiger partial charge in [-0.05, 0) is 42.8 Å². The molecule has 6 nitrogen and oxygen atoms in total. The zero-order valence-corrected chi connectivity index (χ0v) is 16.1. The molecule has 1 aliphatic heterocycles. The molecule has 27 heavy (non-hydrogen) atoms. The van der Waals surface area contributed by atoms with Crippen LogP contribution in [-0.2, 0) is 14.3 Å². The number of anilines is 2. The van der Waals surface area contributed by atoms with Crippen LogP contribution in [0.4, 0.5) is 11.4 Å². The summed E-state index contributed by atoms with van der Waals surface area (Å²) in [5, 5.41) is 5.78. The van der Waals surface area contributed by atoms with Gasteiger partial charge in [0.1, 0.15) is 0 Å². The molecule has 0 bridgehead atoms. The van der Waals surface area contributed by atoms with Crippen molar-refractivity contribution in [3.05, 3.63) is 52.5 Å². The second-order valence-electron chi connectivity index (χ2n) is 5.97. The molecule has 0 aromatic heterocycles. The van der Waals surface area contributed by atoms with E-state index in [-0.39, 0.29) is 11.5 Å². The fourth-order valence-corrected chi connectivity index (χ4v) is 3.69. The van der Waals surface area contributed by atoms with E-state index in [0.29, 0.717) is 28.6 Å². The zero-order valence-electron chi connectivity index (χ0n) is 14.5. The van der Waals surface area contributed by atoms with Gasteiger partial charge in [0, 0.05) is 17.1 Å². The van der Waals surface area contributed by atoms with Crippen molar-refractivity contribution >= 4 is 52.5 Å². The summed E-state index contributed by atoms with van der Waals surface area (Å²) in [6.45, 7) is 1.45. The molecule has 2 aromatic rings. The molecule has 1 heterocycles. The number of thioether (sulfide) groups is 1. The molecule has 0 atom stereocenters. The maximum absolute atomic E-state index is 12.2. The molecule has 0 fully saturated rings. The highest BCUT2D eigenvalue weighted by atomic mass is 35.5. The van der Waals surface area contributed by atoms with Gasteiger partial charge in [0.05, 0.1) is 22.0 Å². The molecule has 0 aliphatic carbocycles. The molecule has 2 amide bonds. The molecule has 2 aromatic carbocycles. The Labute approximate surface area is 165 Å². The molecular weight excluding hydrogens is 388 g/mol. The number of carbonyl (C=O) groups is 3. The highest BCUT2D eigenvalue weighted by Crippen LogP contribution is 2.31. The van der Waals surface area contributed by atoms with Gasteiger partial charge in [0.15, 0.2) is 6.61 Å². The van der Waals surface area contributed by atoms with Crippen LogP contribution in [0.3, 0.4) is 0 Å².